The van der Waals surface area contributed by atoms with Gasteiger partial charge in [-0.1, -0.05) is 39.0 Å². The zero-order chi connectivity index (χ0) is 28.3. The van der Waals surface area contributed by atoms with E-state index in [-0.39, 0.29) is 5.04 Å². The van der Waals surface area contributed by atoms with Crippen LogP contribution in [0.1, 0.15) is 50.2 Å². The number of pyridine rings is 1. The molecule has 0 spiro atoms. The van der Waals surface area contributed by atoms with Crippen LogP contribution in [0.2, 0.25) is 18.1 Å². The molecule has 1 aromatic carbocycles. The summed E-state index contributed by atoms with van der Waals surface area (Å²) in [4.78, 5) is 16.4. The minimum atomic E-state index is -1.72. The molecule has 0 fully saturated rings. The Hall–Kier alpha value is -3.20. The van der Waals surface area contributed by atoms with Crippen molar-refractivity contribution < 1.29 is 4.43 Å². The fourth-order valence-corrected chi connectivity index (χ4v) is 5.95. The predicted molar refractivity (Wildman–Crippen MR) is 164 cm³/mol. The van der Waals surface area contributed by atoms with Crippen molar-refractivity contribution in [3.63, 3.8) is 0 Å². The maximum Gasteiger partial charge on any atom is 0.192 e. The Morgan fingerprint density at radius 1 is 1.05 bits per heavy atom. The van der Waals surface area contributed by atoms with Crippen molar-refractivity contribution in [2.75, 3.05) is 19.7 Å². The van der Waals surface area contributed by atoms with Crippen LogP contribution in [-0.4, -0.2) is 57.6 Å². The second-order valence-electron chi connectivity index (χ2n) is 12.3. The van der Waals surface area contributed by atoms with Gasteiger partial charge in [-0.25, -0.2) is 9.97 Å². The number of aryl methyl sites for hydroxylation is 1. The zero-order valence-electron chi connectivity index (χ0n) is 24.8. The monoisotopic (exact) mass is 554 g/mol. The van der Waals surface area contributed by atoms with E-state index in [0.717, 1.165) is 67.5 Å². The van der Waals surface area contributed by atoms with Crippen molar-refractivity contribution in [3.05, 3.63) is 83.7 Å². The highest BCUT2D eigenvalue weighted by molar-refractivity contribution is 6.74. The van der Waals surface area contributed by atoms with E-state index in [2.05, 4.69) is 80.1 Å². The maximum absolute atomic E-state index is 6.45. The van der Waals surface area contributed by atoms with Crippen molar-refractivity contribution in [1.82, 2.24) is 29.6 Å². The third-order valence-corrected chi connectivity index (χ3v) is 12.9. The van der Waals surface area contributed by atoms with E-state index in [1.54, 1.807) is 6.20 Å². The summed E-state index contributed by atoms with van der Waals surface area (Å²) in [7, 11) is -1.72. The molecule has 5 rings (SSSR count). The molecule has 0 N–H and O–H groups in total. The Balaban J connectivity index is 1.29. The van der Waals surface area contributed by atoms with Crippen molar-refractivity contribution >= 4 is 8.32 Å². The van der Waals surface area contributed by atoms with E-state index in [4.69, 9.17) is 14.5 Å². The summed E-state index contributed by atoms with van der Waals surface area (Å²) in [6, 6.07) is 12.8. The average molecular weight is 555 g/mol. The number of nitrogens with zero attached hydrogens (tertiary/aromatic N) is 6. The lowest BCUT2D eigenvalue weighted by atomic mass is 9.96. The highest BCUT2D eigenvalue weighted by Crippen LogP contribution is 2.36. The molecular formula is C32H42N6OSi. The summed E-state index contributed by atoms with van der Waals surface area (Å²) in [5, 5.41) is 5.04. The molecule has 8 heteroatoms. The van der Waals surface area contributed by atoms with E-state index in [1.165, 1.54) is 16.7 Å². The molecule has 0 saturated carbocycles. The second-order valence-corrected chi connectivity index (χ2v) is 17.1. The first-order valence-electron chi connectivity index (χ1n) is 14.4. The largest absolute Gasteiger partial charge is 0.416 e. The van der Waals surface area contributed by atoms with Gasteiger partial charge in [0.15, 0.2) is 8.32 Å². The maximum atomic E-state index is 6.45. The predicted octanol–water partition coefficient (Wildman–Crippen LogP) is 6.39. The SMILES string of the molecule is CCn1cc(-c2ccnc(Cc3ccc4c(c3)CN(CCO[Si](C)(C)C(C)(C)C)CC4)n2)c(-c2cccnc2)n1. The molecule has 4 aromatic rings. The molecule has 210 valence electrons. The summed E-state index contributed by atoms with van der Waals surface area (Å²) in [5.74, 6) is 0.814. The van der Waals surface area contributed by atoms with Crippen LogP contribution >= 0.6 is 0 Å². The van der Waals surface area contributed by atoms with E-state index in [1.807, 2.05) is 35.3 Å². The standard InChI is InChI=1S/C32H42N6OSi/c1-7-38-23-28(31(36-38)26-9-8-14-33-21-26)29-12-15-34-30(35-29)20-24-10-11-25-13-16-37(22-27(25)19-24)17-18-39-40(5,6)32(2,3)4/h8-12,14-15,19,21,23H,7,13,16-18,20,22H2,1-6H3. The first-order valence-corrected chi connectivity index (χ1v) is 17.3. The molecule has 40 heavy (non-hydrogen) atoms. The normalized spacial score (nSPS) is 14.3. The van der Waals surface area contributed by atoms with Crippen molar-refractivity contribution in [3.8, 4) is 22.5 Å². The van der Waals surface area contributed by atoms with Crippen LogP contribution in [0.15, 0.2) is 61.2 Å². The van der Waals surface area contributed by atoms with Crippen LogP contribution in [0.5, 0.6) is 0 Å². The minimum Gasteiger partial charge on any atom is -0.416 e. The molecule has 0 unspecified atom stereocenters. The first kappa shape index (κ1) is 28.3. The van der Waals surface area contributed by atoms with Crippen LogP contribution in [0.3, 0.4) is 0 Å². The van der Waals surface area contributed by atoms with Crippen molar-refractivity contribution in [2.24, 2.45) is 0 Å². The first-order chi connectivity index (χ1) is 19.1. The molecule has 0 saturated heterocycles. The lowest BCUT2D eigenvalue weighted by molar-refractivity contribution is 0.187. The van der Waals surface area contributed by atoms with Gasteiger partial charge >= 0.3 is 0 Å². The van der Waals surface area contributed by atoms with Crippen molar-refractivity contribution in [2.45, 2.75) is 71.8 Å². The third-order valence-electron chi connectivity index (χ3n) is 8.40. The summed E-state index contributed by atoms with van der Waals surface area (Å²) >= 11 is 0. The van der Waals surface area contributed by atoms with Crippen molar-refractivity contribution in [1.29, 1.82) is 0 Å². The Labute approximate surface area is 239 Å². The van der Waals surface area contributed by atoms with Gasteiger partial charge in [-0.3, -0.25) is 14.6 Å². The van der Waals surface area contributed by atoms with Crippen LogP contribution in [0, 0.1) is 0 Å². The van der Waals surface area contributed by atoms with E-state index in [9.17, 15) is 0 Å². The Bertz CT molecular complexity index is 1440. The Kier molecular flexibility index (Phi) is 8.31. The van der Waals surface area contributed by atoms with Crippen LogP contribution < -0.4 is 0 Å². The quantitative estimate of drug-likeness (QED) is 0.223. The Morgan fingerprint density at radius 2 is 1.90 bits per heavy atom. The van der Waals surface area contributed by atoms with Gasteiger partial charge in [0, 0.05) is 75.1 Å². The molecule has 0 bridgehead atoms. The van der Waals surface area contributed by atoms with Gasteiger partial charge in [-0.15, -0.1) is 0 Å². The van der Waals surface area contributed by atoms with Crippen LogP contribution in [0.25, 0.3) is 22.5 Å². The van der Waals surface area contributed by atoms with Gasteiger partial charge in [0.05, 0.1) is 5.69 Å². The van der Waals surface area contributed by atoms with Gasteiger partial charge in [-0.2, -0.15) is 5.10 Å². The van der Waals surface area contributed by atoms with Gasteiger partial charge in [0.1, 0.15) is 11.5 Å². The zero-order valence-corrected chi connectivity index (χ0v) is 25.8. The summed E-state index contributed by atoms with van der Waals surface area (Å²) in [6.07, 6.45) is 9.33. The molecule has 0 atom stereocenters. The van der Waals surface area contributed by atoms with Gasteiger partial charge in [0.2, 0.25) is 0 Å². The number of hydrogen-bond acceptors (Lipinski definition) is 6. The molecular weight excluding hydrogens is 512 g/mol. The van der Waals surface area contributed by atoms with E-state index < -0.39 is 8.32 Å². The fourth-order valence-electron chi connectivity index (χ4n) is 4.92. The molecule has 7 nitrogen and oxygen atoms in total. The van der Waals surface area contributed by atoms with Gasteiger partial charge in [-0.05, 0) is 66.4 Å². The number of rotatable bonds is 9. The second kappa shape index (κ2) is 11.7. The molecule has 1 aliphatic rings. The third kappa shape index (κ3) is 6.40. The average Bonchev–Trinajstić information content (AvgIpc) is 3.38. The molecule has 0 aliphatic carbocycles. The van der Waals surface area contributed by atoms with E-state index >= 15 is 0 Å². The fraction of sp³-hybridized carbons (Fsp3) is 0.438. The number of aromatic nitrogens is 5. The molecule has 1 aliphatic heterocycles. The molecule has 3 aromatic heterocycles. The molecule has 0 amide bonds. The smallest absolute Gasteiger partial charge is 0.192 e. The summed E-state index contributed by atoms with van der Waals surface area (Å²) in [6.45, 7) is 18.3. The summed E-state index contributed by atoms with van der Waals surface area (Å²) < 4.78 is 8.40. The minimum absolute atomic E-state index is 0.243. The number of hydrogen-bond donors (Lipinski definition) is 0. The topological polar surface area (TPSA) is 69.0 Å². The van der Waals surface area contributed by atoms with E-state index in [0.29, 0.717) is 6.42 Å². The Morgan fingerprint density at radius 3 is 2.65 bits per heavy atom. The molecule has 0 radical (unpaired) electrons. The number of benzene rings is 1. The van der Waals surface area contributed by atoms with Gasteiger partial charge < -0.3 is 4.43 Å². The highest BCUT2D eigenvalue weighted by Gasteiger charge is 2.37. The highest BCUT2D eigenvalue weighted by atomic mass is 28.4. The summed E-state index contributed by atoms with van der Waals surface area (Å²) in [5.41, 5.74) is 7.87. The van der Waals surface area contributed by atoms with Crippen LogP contribution in [-0.2, 0) is 30.4 Å². The lowest BCUT2D eigenvalue weighted by Crippen LogP contribution is -2.43. The van der Waals surface area contributed by atoms with Gasteiger partial charge in [0.25, 0.3) is 0 Å². The number of fused-ring (bicyclic) bond motifs is 1. The lowest BCUT2D eigenvalue weighted by Gasteiger charge is -2.37. The van der Waals surface area contributed by atoms with Crippen LogP contribution in [0.4, 0.5) is 0 Å². The molecule has 4 heterocycles.